The fraction of sp³-hybridized carbons (Fsp3) is 0.0417. The molecule has 1 heterocycles. The second-order valence-electron chi connectivity index (χ2n) is 6.65. The third kappa shape index (κ3) is 10.5. The lowest BCUT2D eigenvalue weighted by molar-refractivity contribution is 0.266. The number of carbonyl (C=O) groups excluding carboxylic acids is 2. The van der Waals surface area contributed by atoms with Crippen LogP contribution in [0.4, 0.5) is 9.59 Å². The van der Waals surface area contributed by atoms with Crippen molar-refractivity contribution in [3.05, 3.63) is 84.9 Å². The monoisotopic (exact) mass is 564 g/mol. The Labute approximate surface area is 226 Å². The molecule has 0 saturated carbocycles. The van der Waals surface area contributed by atoms with E-state index in [-0.39, 0.29) is 17.8 Å². The molecule has 3 aromatic carbocycles. The largest absolute Gasteiger partial charge is 0.435 e. The lowest BCUT2D eigenvalue weighted by Gasteiger charge is -2.06. The summed E-state index contributed by atoms with van der Waals surface area (Å²) in [6, 6.07) is 25.4. The van der Waals surface area contributed by atoms with Crippen LogP contribution >= 0.6 is 25.3 Å². The fourth-order valence-corrected chi connectivity index (χ4v) is 3.64. The number of sulfonamides is 1. The predicted octanol–water partition coefficient (Wildman–Crippen LogP) is 4.12. The van der Waals surface area contributed by atoms with Gasteiger partial charge in [0.25, 0.3) is 10.5 Å². The molecule has 13 heteroatoms. The average molecular weight is 565 g/mol. The molecule has 0 fully saturated rings. The van der Waals surface area contributed by atoms with Crippen molar-refractivity contribution in [2.45, 2.75) is 12.3 Å². The summed E-state index contributed by atoms with van der Waals surface area (Å²) >= 11 is 6.21. The van der Waals surface area contributed by atoms with Crippen molar-refractivity contribution in [2.75, 3.05) is 0 Å². The number of carbonyl (C=O) groups is 2. The van der Waals surface area contributed by atoms with Crippen LogP contribution in [0.5, 0.6) is 0 Å². The van der Waals surface area contributed by atoms with Crippen LogP contribution in [0.25, 0.3) is 34.0 Å². The molecular formula is C24H28N4O6S3. The summed E-state index contributed by atoms with van der Waals surface area (Å²) in [6.07, 6.45) is 0. The number of oxazole rings is 1. The van der Waals surface area contributed by atoms with E-state index < -0.39 is 20.5 Å². The molecule has 0 aliphatic rings. The molecule has 0 unspecified atom stereocenters. The van der Waals surface area contributed by atoms with Crippen molar-refractivity contribution >= 4 is 45.8 Å². The maximum Gasteiger partial charge on any atom is 0.273 e. The van der Waals surface area contributed by atoms with Gasteiger partial charge in [-0.3, -0.25) is 9.59 Å². The summed E-state index contributed by atoms with van der Waals surface area (Å²) in [5.41, 5.74) is 11.1. The van der Waals surface area contributed by atoms with Crippen molar-refractivity contribution < 1.29 is 27.9 Å². The number of aromatic nitrogens is 1. The van der Waals surface area contributed by atoms with Crippen LogP contribution < -0.4 is 16.6 Å². The zero-order valence-electron chi connectivity index (χ0n) is 18.6. The number of thiol groups is 2. The van der Waals surface area contributed by atoms with Gasteiger partial charge in [0.2, 0.25) is 15.9 Å². The fourth-order valence-electron chi connectivity index (χ4n) is 2.90. The third-order valence-electron chi connectivity index (χ3n) is 4.13. The molecule has 2 amide bonds. The molecule has 0 aliphatic carbocycles. The van der Waals surface area contributed by atoms with E-state index in [2.05, 4.69) is 41.7 Å². The topological polar surface area (TPSA) is 204 Å². The minimum absolute atomic E-state index is 0. The predicted molar refractivity (Wildman–Crippen MR) is 152 cm³/mol. The number of hydrogen-bond acceptors (Lipinski definition) is 6. The van der Waals surface area contributed by atoms with Crippen LogP contribution in [0, 0.1) is 0 Å². The lowest BCUT2D eigenvalue weighted by Crippen LogP contribution is -2.13. The van der Waals surface area contributed by atoms with Gasteiger partial charge in [-0.15, -0.1) is 0 Å². The number of primary sulfonamides is 1. The second kappa shape index (κ2) is 15.5. The first kappa shape index (κ1) is 33.4. The number of nitrogens with two attached hydrogens (primary N) is 3. The van der Waals surface area contributed by atoms with Crippen LogP contribution in [-0.2, 0) is 10.0 Å². The van der Waals surface area contributed by atoms with Crippen LogP contribution in [0.15, 0.2) is 94.2 Å². The van der Waals surface area contributed by atoms with Gasteiger partial charge in [0.1, 0.15) is 5.69 Å². The van der Waals surface area contributed by atoms with E-state index in [1.165, 1.54) is 6.07 Å². The first-order valence-corrected chi connectivity index (χ1v) is 12.2. The van der Waals surface area contributed by atoms with Crippen LogP contribution in [0.3, 0.4) is 0 Å². The van der Waals surface area contributed by atoms with E-state index in [9.17, 15) is 8.42 Å². The van der Waals surface area contributed by atoms with Crippen LogP contribution in [0.1, 0.15) is 7.43 Å². The Morgan fingerprint density at radius 3 is 1.62 bits per heavy atom. The highest BCUT2D eigenvalue weighted by Gasteiger charge is 2.23. The molecule has 198 valence electrons. The molecule has 4 rings (SSSR count). The summed E-state index contributed by atoms with van der Waals surface area (Å²) in [5.74, 6) is 0.902. The molecule has 0 atom stereocenters. The molecule has 0 spiro atoms. The maximum absolute atomic E-state index is 12.1. The average Bonchev–Trinajstić information content (AvgIpc) is 3.24. The van der Waals surface area contributed by atoms with Crippen molar-refractivity contribution in [3.8, 4) is 34.0 Å². The molecular weight excluding hydrogens is 536 g/mol. The van der Waals surface area contributed by atoms with Crippen molar-refractivity contribution in [1.82, 2.24) is 4.98 Å². The first-order valence-electron chi connectivity index (χ1n) is 9.71. The Hall–Kier alpha value is -3.62. The first-order chi connectivity index (χ1) is 16.5. The molecule has 8 N–H and O–H groups in total. The van der Waals surface area contributed by atoms with Gasteiger partial charge in [-0.2, -0.15) is 0 Å². The molecule has 0 radical (unpaired) electrons. The van der Waals surface area contributed by atoms with Crippen molar-refractivity contribution in [2.24, 2.45) is 16.6 Å². The quantitative estimate of drug-likeness (QED) is 0.230. The highest BCUT2D eigenvalue weighted by Crippen LogP contribution is 2.38. The highest BCUT2D eigenvalue weighted by atomic mass is 32.2. The van der Waals surface area contributed by atoms with Crippen molar-refractivity contribution in [3.63, 3.8) is 0 Å². The number of benzene rings is 3. The summed E-state index contributed by atoms with van der Waals surface area (Å²) in [4.78, 5) is 22.8. The van der Waals surface area contributed by atoms with Gasteiger partial charge in [0.15, 0.2) is 5.76 Å². The molecule has 0 saturated heterocycles. The van der Waals surface area contributed by atoms with E-state index in [0.717, 1.165) is 11.1 Å². The Kier molecular flexibility index (Phi) is 14.0. The molecule has 0 aliphatic heterocycles. The van der Waals surface area contributed by atoms with Gasteiger partial charge >= 0.3 is 0 Å². The molecule has 37 heavy (non-hydrogen) atoms. The van der Waals surface area contributed by atoms with Crippen LogP contribution in [-0.4, -0.2) is 29.4 Å². The minimum Gasteiger partial charge on any atom is -0.435 e. The van der Waals surface area contributed by atoms with Gasteiger partial charge in [0.05, 0.1) is 4.90 Å². The number of hydrogen-bond donors (Lipinski definition) is 5. The zero-order valence-corrected chi connectivity index (χ0v) is 21.2. The third-order valence-corrected chi connectivity index (χ3v) is 5.10. The molecule has 4 aromatic rings. The number of nitrogens with zero attached hydrogens (tertiary/aromatic N) is 1. The SMILES string of the molecule is C.NC(=O)S.NC(=O)S.NS(=O)(=O)c1ccccc1-c1nc(-c2ccccc2)oc1-c1ccccc1.O. The lowest BCUT2D eigenvalue weighted by atomic mass is 10.1. The van der Waals surface area contributed by atoms with Gasteiger partial charge in [0, 0.05) is 16.7 Å². The van der Waals surface area contributed by atoms with Gasteiger partial charge in [-0.1, -0.05) is 99.4 Å². The minimum atomic E-state index is -3.92. The standard InChI is InChI=1S/C21H16N2O3S.2CH3NOS.CH4.H2O/c22-27(24,25)18-14-8-7-13-17(18)19-20(15-9-3-1-4-10-15)26-21(23-19)16-11-5-2-6-12-16;2*2-1(3)4;;/h1-14H,(H2,22,24,25);2*(H3,2,3,4);1H4;1H2. The van der Waals surface area contributed by atoms with E-state index in [4.69, 9.17) is 19.1 Å². The zero-order chi connectivity index (χ0) is 26.0. The van der Waals surface area contributed by atoms with Gasteiger partial charge in [-0.25, -0.2) is 18.5 Å². The summed E-state index contributed by atoms with van der Waals surface area (Å²) in [5, 5.41) is 4.14. The number of amides is 2. The number of primary amides is 2. The Balaban J connectivity index is 0.00000115. The Morgan fingerprint density at radius 1 is 0.757 bits per heavy atom. The molecule has 1 aromatic heterocycles. The maximum atomic E-state index is 12.1. The van der Waals surface area contributed by atoms with E-state index in [1.807, 2.05) is 60.7 Å². The van der Waals surface area contributed by atoms with Crippen molar-refractivity contribution in [1.29, 1.82) is 0 Å². The summed E-state index contributed by atoms with van der Waals surface area (Å²) in [6.45, 7) is 0. The summed E-state index contributed by atoms with van der Waals surface area (Å²) < 4.78 is 30.2. The normalized spacial score (nSPS) is 9.70. The summed E-state index contributed by atoms with van der Waals surface area (Å²) in [7, 11) is -3.92. The second-order valence-corrected chi connectivity index (χ2v) is 9.06. The smallest absolute Gasteiger partial charge is 0.273 e. The van der Waals surface area contributed by atoms with Gasteiger partial charge in [-0.05, 0) is 18.2 Å². The van der Waals surface area contributed by atoms with E-state index in [0.29, 0.717) is 22.9 Å². The van der Waals surface area contributed by atoms with E-state index in [1.54, 1.807) is 18.2 Å². The van der Waals surface area contributed by atoms with Crippen LogP contribution in [0.2, 0.25) is 0 Å². The molecule has 10 nitrogen and oxygen atoms in total. The Morgan fingerprint density at radius 2 is 1.16 bits per heavy atom. The Bertz CT molecular complexity index is 1380. The van der Waals surface area contributed by atoms with E-state index >= 15 is 0 Å². The number of rotatable bonds is 4. The van der Waals surface area contributed by atoms with Gasteiger partial charge < -0.3 is 21.4 Å². The molecule has 0 bridgehead atoms. The highest BCUT2D eigenvalue weighted by molar-refractivity contribution is 7.96.